The average molecular weight is 251 g/mol. The van der Waals surface area contributed by atoms with Gasteiger partial charge in [0.15, 0.2) is 0 Å². The molecule has 1 heterocycles. The van der Waals surface area contributed by atoms with Crippen molar-refractivity contribution >= 4 is 11.8 Å². The Balaban J connectivity index is 1.54. The van der Waals surface area contributed by atoms with Crippen LogP contribution in [-0.2, 0) is 9.59 Å². The number of hydrogen-bond acceptors (Lipinski definition) is 3. The molecular formula is C13H21N3O2. The first kappa shape index (κ1) is 12.0. The number of hydrogen-bond donors (Lipinski definition) is 2. The summed E-state index contributed by atoms with van der Waals surface area (Å²) in [4.78, 5) is 25.9. The van der Waals surface area contributed by atoms with Crippen LogP contribution in [0.3, 0.4) is 0 Å². The van der Waals surface area contributed by atoms with Crippen LogP contribution < -0.4 is 10.6 Å². The zero-order valence-corrected chi connectivity index (χ0v) is 10.8. The SMILES string of the molecule is CC(C(=O)NC1CC1)N1CCC(NC2CC2)C1=O. The van der Waals surface area contributed by atoms with E-state index >= 15 is 0 Å². The molecule has 0 aromatic carbocycles. The lowest BCUT2D eigenvalue weighted by Gasteiger charge is -2.24. The molecule has 2 unspecified atom stereocenters. The van der Waals surface area contributed by atoms with E-state index in [2.05, 4.69) is 10.6 Å². The number of amides is 2. The molecule has 2 amide bonds. The van der Waals surface area contributed by atoms with E-state index < -0.39 is 0 Å². The van der Waals surface area contributed by atoms with Gasteiger partial charge in [0.25, 0.3) is 0 Å². The highest BCUT2D eigenvalue weighted by molar-refractivity contribution is 5.91. The number of rotatable bonds is 5. The quantitative estimate of drug-likeness (QED) is 0.723. The summed E-state index contributed by atoms with van der Waals surface area (Å²) in [7, 11) is 0. The highest BCUT2D eigenvalue weighted by Gasteiger charge is 2.39. The second kappa shape index (κ2) is 4.53. The first-order chi connectivity index (χ1) is 8.65. The van der Waals surface area contributed by atoms with Gasteiger partial charge >= 0.3 is 0 Å². The minimum Gasteiger partial charge on any atom is -0.352 e. The molecule has 0 radical (unpaired) electrons. The smallest absolute Gasteiger partial charge is 0.242 e. The molecule has 100 valence electrons. The zero-order chi connectivity index (χ0) is 12.7. The second-order valence-corrected chi connectivity index (χ2v) is 5.77. The Hall–Kier alpha value is -1.10. The number of likely N-dealkylation sites (tertiary alicyclic amines) is 1. The highest BCUT2D eigenvalue weighted by Crippen LogP contribution is 2.24. The van der Waals surface area contributed by atoms with E-state index in [1.54, 1.807) is 4.90 Å². The molecule has 1 aliphatic heterocycles. The molecule has 3 aliphatic rings. The molecule has 0 spiro atoms. The van der Waals surface area contributed by atoms with E-state index in [1.165, 1.54) is 12.8 Å². The lowest BCUT2D eigenvalue weighted by atomic mass is 10.2. The summed E-state index contributed by atoms with van der Waals surface area (Å²) in [5.41, 5.74) is 0. The summed E-state index contributed by atoms with van der Waals surface area (Å²) < 4.78 is 0. The molecule has 5 nitrogen and oxygen atoms in total. The summed E-state index contributed by atoms with van der Waals surface area (Å²) in [5.74, 6) is 0.0956. The molecule has 3 rings (SSSR count). The van der Waals surface area contributed by atoms with Crippen LogP contribution in [0, 0.1) is 0 Å². The van der Waals surface area contributed by atoms with E-state index in [0.29, 0.717) is 18.6 Å². The third kappa shape index (κ3) is 2.51. The number of nitrogens with one attached hydrogen (secondary N) is 2. The standard InChI is InChI=1S/C13H21N3O2/c1-8(12(17)15-10-4-5-10)16-7-6-11(13(16)18)14-9-2-3-9/h8-11,14H,2-7H2,1H3,(H,15,17). The summed E-state index contributed by atoms with van der Waals surface area (Å²) in [5, 5.41) is 6.32. The van der Waals surface area contributed by atoms with Crippen molar-refractivity contribution in [1.82, 2.24) is 15.5 Å². The van der Waals surface area contributed by atoms with Crippen LogP contribution in [-0.4, -0.2) is 47.4 Å². The van der Waals surface area contributed by atoms with Gasteiger partial charge in [-0.15, -0.1) is 0 Å². The van der Waals surface area contributed by atoms with Gasteiger partial charge in [-0.2, -0.15) is 0 Å². The molecule has 0 aromatic rings. The predicted octanol–water partition coefficient (Wildman–Crippen LogP) is 0.00640. The van der Waals surface area contributed by atoms with Gasteiger partial charge in [-0.3, -0.25) is 9.59 Å². The molecular weight excluding hydrogens is 230 g/mol. The van der Waals surface area contributed by atoms with Gasteiger partial charge in [0.1, 0.15) is 6.04 Å². The summed E-state index contributed by atoms with van der Waals surface area (Å²) in [6, 6.07) is 0.505. The van der Waals surface area contributed by atoms with E-state index in [1.807, 2.05) is 6.92 Å². The minimum atomic E-state index is -0.330. The molecule has 2 saturated carbocycles. The largest absolute Gasteiger partial charge is 0.352 e. The second-order valence-electron chi connectivity index (χ2n) is 5.77. The van der Waals surface area contributed by atoms with E-state index in [-0.39, 0.29) is 23.9 Å². The van der Waals surface area contributed by atoms with E-state index in [9.17, 15) is 9.59 Å². The number of nitrogens with zero attached hydrogens (tertiary/aromatic N) is 1. The summed E-state index contributed by atoms with van der Waals surface area (Å²) in [6.07, 6.45) is 5.36. The Labute approximate surface area is 107 Å². The van der Waals surface area contributed by atoms with Crippen LogP contribution in [0.15, 0.2) is 0 Å². The van der Waals surface area contributed by atoms with Gasteiger partial charge in [-0.05, 0) is 39.0 Å². The topological polar surface area (TPSA) is 61.4 Å². The molecule has 3 fully saturated rings. The van der Waals surface area contributed by atoms with Gasteiger partial charge < -0.3 is 15.5 Å². The monoisotopic (exact) mass is 251 g/mol. The maximum atomic E-state index is 12.2. The Morgan fingerprint density at radius 3 is 2.50 bits per heavy atom. The predicted molar refractivity (Wildman–Crippen MR) is 66.9 cm³/mol. The molecule has 2 aliphatic carbocycles. The maximum Gasteiger partial charge on any atom is 0.242 e. The van der Waals surface area contributed by atoms with Gasteiger partial charge in [-0.25, -0.2) is 0 Å². The van der Waals surface area contributed by atoms with Gasteiger partial charge in [0.05, 0.1) is 6.04 Å². The fraction of sp³-hybridized carbons (Fsp3) is 0.846. The van der Waals surface area contributed by atoms with Crippen LogP contribution in [0.5, 0.6) is 0 Å². The highest BCUT2D eigenvalue weighted by atomic mass is 16.2. The molecule has 18 heavy (non-hydrogen) atoms. The van der Waals surface area contributed by atoms with Crippen LogP contribution in [0.2, 0.25) is 0 Å². The van der Waals surface area contributed by atoms with Crippen molar-refractivity contribution in [1.29, 1.82) is 0 Å². The Morgan fingerprint density at radius 1 is 1.22 bits per heavy atom. The van der Waals surface area contributed by atoms with Crippen molar-refractivity contribution in [2.24, 2.45) is 0 Å². The lowest BCUT2D eigenvalue weighted by Crippen LogP contribution is -2.49. The maximum absolute atomic E-state index is 12.2. The van der Waals surface area contributed by atoms with Crippen molar-refractivity contribution in [3.8, 4) is 0 Å². The van der Waals surface area contributed by atoms with Crippen molar-refractivity contribution < 1.29 is 9.59 Å². The molecule has 2 atom stereocenters. The Bertz CT molecular complexity index is 363. The molecule has 1 saturated heterocycles. The molecule has 0 bridgehead atoms. The summed E-state index contributed by atoms with van der Waals surface area (Å²) in [6.45, 7) is 2.53. The van der Waals surface area contributed by atoms with Crippen LogP contribution in [0.25, 0.3) is 0 Å². The van der Waals surface area contributed by atoms with E-state index in [0.717, 1.165) is 19.3 Å². The molecule has 2 N–H and O–H groups in total. The molecule has 0 aromatic heterocycles. The third-order valence-corrected chi connectivity index (χ3v) is 4.02. The van der Waals surface area contributed by atoms with Gasteiger partial charge in [0, 0.05) is 18.6 Å². The number of carbonyl (C=O) groups is 2. The van der Waals surface area contributed by atoms with Crippen LogP contribution >= 0.6 is 0 Å². The van der Waals surface area contributed by atoms with Crippen molar-refractivity contribution in [3.05, 3.63) is 0 Å². The Kier molecular flexibility index (Phi) is 3.01. The fourth-order valence-corrected chi connectivity index (χ4v) is 2.47. The fourth-order valence-electron chi connectivity index (χ4n) is 2.47. The van der Waals surface area contributed by atoms with Crippen molar-refractivity contribution in [2.75, 3.05) is 6.54 Å². The first-order valence-corrected chi connectivity index (χ1v) is 7.02. The number of carbonyl (C=O) groups excluding carboxylic acids is 2. The average Bonchev–Trinajstić information content (AvgIpc) is 3.22. The zero-order valence-electron chi connectivity index (χ0n) is 10.8. The molecule has 5 heteroatoms. The lowest BCUT2D eigenvalue weighted by molar-refractivity contribution is -0.137. The Morgan fingerprint density at radius 2 is 1.89 bits per heavy atom. The first-order valence-electron chi connectivity index (χ1n) is 7.02. The minimum absolute atomic E-state index is 0.00192. The van der Waals surface area contributed by atoms with E-state index in [4.69, 9.17) is 0 Å². The van der Waals surface area contributed by atoms with Crippen LogP contribution in [0.1, 0.15) is 39.0 Å². The van der Waals surface area contributed by atoms with Crippen molar-refractivity contribution in [3.63, 3.8) is 0 Å². The van der Waals surface area contributed by atoms with Gasteiger partial charge in [0.2, 0.25) is 11.8 Å². The van der Waals surface area contributed by atoms with Crippen LogP contribution in [0.4, 0.5) is 0 Å². The third-order valence-electron chi connectivity index (χ3n) is 4.02. The van der Waals surface area contributed by atoms with Gasteiger partial charge in [-0.1, -0.05) is 0 Å². The normalized spacial score (nSPS) is 29.5. The summed E-state index contributed by atoms with van der Waals surface area (Å²) >= 11 is 0. The van der Waals surface area contributed by atoms with Crippen molar-refractivity contribution in [2.45, 2.75) is 63.2 Å².